The lowest BCUT2D eigenvalue weighted by molar-refractivity contribution is 0.0676. The van der Waals surface area contributed by atoms with Gasteiger partial charge < -0.3 is 9.64 Å². The van der Waals surface area contributed by atoms with Crippen molar-refractivity contribution in [2.75, 3.05) is 32.1 Å². The summed E-state index contributed by atoms with van der Waals surface area (Å²) in [5, 5.41) is 8.77. The van der Waals surface area contributed by atoms with Gasteiger partial charge >= 0.3 is 0 Å². The number of halogens is 1. The first kappa shape index (κ1) is 12.7. The van der Waals surface area contributed by atoms with Crippen molar-refractivity contribution in [1.82, 2.24) is 4.90 Å². The van der Waals surface area contributed by atoms with E-state index in [1.165, 1.54) is 0 Å². The number of morpholine rings is 1. The molecule has 0 bridgehead atoms. The fourth-order valence-corrected chi connectivity index (χ4v) is 2.79. The highest BCUT2D eigenvalue weighted by atomic mass is 35.5. The van der Waals surface area contributed by atoms with Gasteiger partial charge in [0.05, 0.1) is 24.0 Å². The van der Waals surface area contributed by atoms with E-state index in [0.717, 1.165) is 36.2 Å². The molecule has 1 heterocycles. The summed E-state index contributed by atoms with van der Waals surface area (Å²) in [6, 6.07) is 7.74. The molecule has 1 fully saturated rings. The van der Waals surface area contributed by atoms with Gasteiger partial charge in [0.25, 0.3) is 0 Å². The van der Waals surface area contributed by atoms with E-state index < -0.39 is 0 Å². The molecule has 3 nitrogen and oxygen atoms in total. The molecular weight excluding hydrogens is 256 g/mol. The van der Waals surface area contributed by atoms with Crippen LogP contribution in [-0.2, 0) is 4.74 Å². The third-order valence-electron chi connectivity index (χ3n) is 2.59. The van der Waals surface area contributed by atoms with Crippen molar-refractivity contribution in [3.8, 4) is 0 Å². The Morgan fingerprint density at radius 3 is 2.76 bits per heavy atom. The number of nitrogens with one attached hydrogen (secondary N) is 1. The predicted molar refractivity (Wildman–Crippen MR) is 72.3 cm³/mol. The van der Waals surface area contributed by atoms with Gasteiger partial charge in [0.1, 0.15) is 5.84 Å². The molecule has 0 atom stereocenters. The molecule has 0 radical (unpaired) electrons. The zero-order valence-corrected chi connectivity index (χ0v) is 11.1. The molecule has 1 aliphatic rings. The van der Waals surface area contributed by atoms with Crippen LogP contribution in [0.15, 0.2) is 29.2 Å². The van der Waals surface area contributed by atoms with Crippen LogP contribution < -0.4 is 0 Å². The largest absolute Gasteiger partial charge is 0.378 e. The summed E-state index contributed by atoms with van der Waals surface area (Å²) in [7, 11) is 0. The molecule has 92 valence electrons. The van der Waals surface area contributed by atoms with Crippen LogP contribution in [0.5, 0.6) is 0 Å². The Labute approximate surface area is 111 Å². The van der Waals surface area contributed by atoms with Crippen molar-refractivity contribution in [2.45, 2.75) is 4.90 Å². The van der Waals surface area contributed by atoms with E-state index >= 15 is 0 Å². The van der Waals surface area contributed by atoms with Crippen LogP contribution in [0, 0.1) is 5.41 Å². The predicted octanol–water partition coefficient (Wildman–Crippen LogP) is 2.74. The maximum absolute atomic E-state index is 8.01. The van der Waals surface area contributed by atoms with Gasteiger partial charge in [0, 0.05) is 18.0 Å². The Balaban J connectivity index is 1.85. The van der Waals surface area contributed by atoms with E-state index in [0.29, 0.717) is 11.6 Å². The molecule has 0 aliphatic carbocycles. The van der Waals surface area contributed by atoms with E-state index in [1.807, 2.05) is 24.3 Å². The number of amidine groups is 1. The molecule has 0 saturated carbocycles. The van der Waals surface area contributed by atoms with E-state index in [4.69, 9.17) is 21.7 Å². The molecule has 5 heteroatoms. The van der Waals surface area contributed by atoms with Gasteiger partial charge in [-0.15, -0.1) is 11.8 Å². The van der Waals surface area contributed by atoms with E-state index in [1.54, 1.807) is 11.8 Å². The number of nitrogens with zero attached hydrogens (tertiary/aromatic N) is 1. The maximum atomic E-state index is 8.01. The highest BCUT2D eigenvalue weighted by Crippen LogP contribution is 2.26. The summed E-state index contributed by atoms with van der Waals surface area (Å²) >= 11 is 7.68. The minimum Gasteiger partial charge on any atom is -0.378 e. The summed E-state index contributed by atoms with van der Waals surface area (Å²) in [4.78, 5) is 3.10. The quantitative estimate of drug-likeness (QED) is 0.521. The van der Waals surface area contributed by atoms with Crippen LogP contribution in [0.4, 0.5) is 0 Å². The molecule has 1 aromatic rings. The Hall–Kier alpha value is -0.710. The second-order valence-electron chi connectivity index (χ2n) is 3.77. The highest BCUT2D eigenvalue weighted by Gasteiger charge is 2.14. The van der Waals surface area contributed by atoms with Crippen molar-refractivity contribution < 1.29 is 4.74 Å². The Morgan fingerprint density at radius 2 is 2.06 bits per heavy atom. The molecule has 1 aliphatic heterocycles. The van der Waals surface area contributed by atoms with Crippen LogP contribution in [-0.4, -0.2) is 42.8 Å². The number of benzene rings is 1. The third-order valence-corrected chi connectivity index (χ3v) is 4.12. The molecule has 0 unspecified atom stereocenters. The summed E-state index contributed by atoms with van der Waals surface area (Å²) in [6.45, 7) is 3.09. The molecular formula is C12H15ClN2OS. The van der Waals surface area contributed by atoms with Crippen LogP contribution >= 0.6 is 23.4 Å². The molecule has 1 N–H and O–H groups in total. The highest BCUT2D eigenvalue weighted by molar-refractivity contribution is 8.00. The second kappa shape index (κ2) is 6.28. The molecule has 0 spiro atoms. The summed E-state index contributed by atoms with van der Waals surface area (Å²) in [5.41, 5.74) is 0. The number of hydrogen-bond acceptors (Lipinski definition) is 3. The van der Waals surface area contributed by atoms with Crippen LogP contribution in [0.3, 0.4) is 0 Å². The lowest BCUT2D eigenvalue weighted by Gasteiger charge is -2.28. The van der Waals surface area contributed by atoms with Gasteiger partial charge in [0.15, 0.2) is 0 Å². The molecule has 1 saturated heterocycles. The van der Waals surface area contributed by atoms with Crippen molar-refractivity contribution in [2.24, 2.45) is 0 Å². The Morgan fingerprint density at radius 1 is 1.35 bits per heavy atom. The summed E-state index contributed by atoms with van der Waals surface area (Å²) in [5.74, 6) is 1.31. The van der Waals surface area contributed by atoms with E-state index in [2.05, 4.69) is 4.90 Å². The van der Waals surface area contributed by atoms with E-state index in [9.17, 15) is 0 Å². The molecule has 0 amide bonds. The summed E-state index contributed by atoms with van der Waals surface area (Å²) < 4.78 is 5.27. The Kier molecular flexibility index (Phi) is 4.71. The first-order valence-corrected chi connectivity index (χ1v) is 6.91. The third kappa shape index (κ3) is 3.63. The normalized spacial score (nSPS) is 15.9. The first-order chi connectivity index (χ1) is 8.27. The topological polar surface area (TPSA) is 36.3 Å². The minimum atomic E-state index is 0.651. The van der Waals surface area contributed by atoms with Crippen LogP contribution in [0.25, 0.3) is 0 Å². The minimum absolute atomic E-state index is 0.651. The van der Waals surface area contributed by atoms with Gasteiger partial charge in [-0.3, -0.25) is 5.41 Å². The lowest BCUT2D eigenvalue weighted by atomic mass is 10.4. The smallest absolute Gasteiger partial charge is 0.106 e. The molecule has 2 rings (SSSR count). The second-order valence-corrected chi connectivity index (χ2v) is 5.19. The fourth-order valence-electron chi connectivity index (χ4n) is 1.63. The fraction of sp³-hybridized carbons (Fsp3) is 0.417. The van der Waals surface area contributed by atoms with Crippen molar-refractivity contribution in [3.05, 3.63) is 29.3 Å². The molecule has 1 aromatic carbocycles. The van der Waals surface area contributed by atoms with Gasteiger partial charge in [-0.1, -0.05) is 23.7 Å². The standard InChI is InChI=1S/C12H15ClN2OS/c13-10-3-1-2-4-11(10)17-9-12(14)15-5-7-16-8-6-15/h1-4,14H,5-9H2. The number of hydrogen-bond donors (Lipinski definition) is 1. The average Bonchev–Trinajstić information content (AvgIpc) is 2.38. The number of thioether (sulfide) groups is 1. The van der Waals surface area contributed by atoms with Crippen molar-refractivity contribution in [3.63, 3.8) is 0 Å². The number of ether oxygens (including phenoxy) is 1. The van der Waals surface area contributed by atoms with Crippen LogP contribution in [0.2, 0.25) is 5.02 Å². The van der Waals surface area contributed by atoms with Crippen LogP contribution in [0.1, 0.15) is 0 Å². The van der Waals surface area contributed by atoms with Gasteiger partial charge in [0.2, 0.25) is 0 Å². The monoisotopic (exact) mass is 270 g/mol. The zero-order chi connectivity index (χ0) is 12.1. The van der Waals surface area contributed by atoms with E-state index in [-0.39, 0.29) is 0 Å². The Bertz CT molecular complexity index is 394. The molecule has 0 aromatic heterocycles. The lowest BCUT2D eigenvalue weighted by Crippen LogP contribution is -2.41. The zero-order valence-electron chi connectivity index (χ0n) is 9.49. The average molecular weight is 271 g/mol. The SMILES string of the molecule is N=C(CSc1ccccc1Cl)N1CCOCC1. The van der Waals surface area contributed by atoms with Gasteiger partial charge in [-0.05, 0) is 12.1 Å². The van der Waals surface area contributed by atoms with Crippen molar-refractivity contribution in [1.29, 1.82) is 5.41 Å². The summed E-state index contributed by atoms with van der Waals surface area (Å²) in [6.07, 6.45) is 0. The van der Waals surface area contributed by atoms with Crippen molar-refractivity contribution >= 4 is 29.2 Å². The first-order valence-electron chi connectivity index (χ1n) is 5.55. The number of rotatable bonds is 3. The van der Waals surface area contributed by atoms with Gasteiger partial charge in [-0.25, -0.2) is 0 Å². The maximum Gasteiger partial charge on any atom is 0.106 e. The molecule has 17 heavy (non-hydrogen) atoms. The van der Waals surface area contributed by atoms with Gasteiger partial charge in [-0.2, -0.15) is 0 Å².